The molecule has 0 atom stereocenters. The zero-order valence-corrected chi connectivity index (χ0v) is 4.82. The van der Waals surface area contributed by atoms with Crippen molar-refractivity contribution in [2.45, 2.75) is 6.92 Å². The topological polar surface area (TPSA) is 12.4 Å². The highest BCUT2D eigenvalue weighted by Gasteiger charge is 1.91. The summed E-state index contributed by atoms with van der Waals surface area (Å²) in [5.74, 6) is -0.556. The lowest BCUT2D eigenvalue weighted by Crippen LogP contribution is -1.85. The summed E-state index contributed by atoms with van der Waals surface area (Å²) < 4.78 is 12.1. The minimum Gasteiger partial charge on any atom is -0.229 e. The van der Waals surface area contributed by atoms with E-state index in [1.54, 1.807) is 6.92 Å². The number of allylic oxidation sites excluding steroid dienone is 1. The molecule has 2 heteroatoms. The van der Waals surface area contributed by atoms with Crippen LogP contribution in [-0.4, -0.2) is 5.97 Å². The van der Waals surface area contributed by atoms with Crippen molar-refractivity contribution in [3.63, 3.8) is 0 Å². The third-order valence-corrected chi connectivity index (χ3v) is 0.557. The van der Waals surface area contributed by atoms with Crippen LogP contribution in [0.25, 0.3) is 0 Å². The number of halogens is 1. The Morgan fingerprint density at radius 2 is 2.25 bits per heavy atom. The van der Waals surface area contributed by atoms with Gasteiger partial charge in [0.25, 0.3) is 0 Å². The molecular formula is C6H8FN. The summed E-state index contributed by atoms with van der Waals surface area (Å²) in [6, 6.07) is 0. The fourth-order valence-corrected chi connectivity index (χ4v) is 0.190. The van der Waals surface area contributed by atoms with Gasteiger partial charge in [-0.25, -0.2) is 4.99 Å². The fraction of sp³-hybridized carbons (Fsp3) is 0.167. The summed E-state index contributed by atoms with van der Waals surface area (Å²) >= 11 is 0. The molecule has 0 heterocycles. The Kier molecular flexibility index (Phi) is 2.77. The summed E-state index contributed by atoms with van der Waals surface area (Å²) in [6.07, 6.45) is 1.14. The monoisotopic (exact) mass is 113 g/mol. The van der Waals surface area contributed by atoms with E-state index in [-0.39, 0.29) is 0 Å². The number of aliphatic imine (C=N–C) groups is 1. The maximum atomic E-state index is 12.1. The van der Waals surface area contributed by atoms with E-state index < -0.39 is 5.97 Å². The summed E-state index contributed by atoms with van der Waals surface area (Å²) in [7, 11) is 0. The Labute approximate surface area is 48.2 Å². The number of hydrogen-bond acceptors (Lipinski definition) is 1. The molecule has 0 saturated carbocycles. The average Bonchev–Trinajstić information content (AvgIpc) is 1.67. The van der Waals surface area contributed by atoms with Gasteiger partial charge in [0, 0.05) is 6.20 Å². The summed E-state index contributed by atoms with van der Waals surface area (Å²) in [6.45, 7) is 8.08. The lowest BCUT2D eigenvalue weighted by atomic mass is 10.4. The van der Waals surface area contributed by atoms with Gasteiger partial charge < -0.3 is 0 Å². The van der Waals surface area contributed by atoms with Crippen molar-refractivity contribution in [1.29, 1.82) is 0 Å². The zero-order chi connectivity index (χ0) is 6.57. The molecule has 0 aromatic rings. The number of rotatable bonds is 2. The van der Waals surface area contributed by atoms with Gasteiger partial charge in [-0.05, 0) is 12.5 Å². The van der Waals surface area contributed by atoms with Crippen LogP contribution in [0, 0.1) is 0 Å². The minimum atomic E-state index is -0.556. The highest BCUT2D eigenvalue weighted by atomic mass is 19.1. The first-order valence-electron chi connectivity index (χ1n) is 2.18. The Hall–Kier alpha value is -0.920. The first kappa shape index (κ1) is 7.08. The quantitative estimate of drug-likeness (QED) is 0.486. The zero-order valence-electron chi connectivity index (χ0n) is 4.82. The highest BCUT2D eigenvalue weighted by molar-refractivity contribution is 5.91. The molecule has 1 nitrogen and oxygen atoms in total. The van der Waals surface area contributed by atoms with Crippen LogP contribution in [0.1, 0.15) is 6.92 Å². The molecule has 0 aliphatic heterocycles. The molecule has 0 saturated heterocycles. The highest BCUT2D eigenvalue weighted by Crippen LogP contribution is 1.93. The van der Waals surface area contributed by atoms with E-state index in [4.69, 9.17) is 0 Å². The number of nitrogens with zero attached hydrogens (tertiary/aromatic N) is 1. The standard InChI is InChI=1S/C6H8FN/c1-4-8-6(7)5(2)3/h4H,1-2H2,3H3. The van der Waals surface area contributed by atoms with Gasteiger partial charge in [0.1, 0.15) is 0 Å². The summed E-state index contributed by atoms with van der Waals surface area (Å²) in [5.41, 5.74) is 0.324. The van der Waals surface area contributed by atoms with Crippen LogP contribution < -0.4 is 0 Å². The number of hydrogen-bond donors (Lipinski definition) is 0. The predicted octanol–water partition coefficient (Wildman–Crippen LogP) is 2.07. The van der Waals surface area contributed by atoms with Crippen molar-refractivity contribution in [3.05, 3.63) is 24.9 Å². The second kappa shape index (κ2) is 3.13. The third kappa shape index (κ3) is 2.29. The Morgan fingerprint density at radius 1 is 1.75 bits per heavy atom. The molecule has 0 amide bonds. The Morgan fingerprint density at radius 3 is 2.38 bits per heavy atom. The van der Waals surface area contributed by atoms with Crippen molar-refractivity contribution >= 4 is 5.97 Å². The van der Waals surface area contributed by atoms with Crippen LogP contribution in [0.15, 0.2) is 29.9 Å². The molecule has 0 aliphatic rings. The molecule has 0 spiro atoms. The third-order valence-electron chi connectivity index (χ3n) is 0.557. The van der Waals surface area contributed by atoms with Crippen molar-refractivity contribution in [2.24, 2.45) is 4.99 Å². The molecule has 0 bridgehead atoms. The smallest absolute Gasteiger partial charge is 0.215 e. The van der Waals surface area contributed by atoms with E-state index in [0.29, 0.717) is 5.57 Å². The average molecular weight is 113 g/mol. The van der Waals surface area contributed by atoms with E-state index in [1.165, 1.54) is 0 Å². The summed E-state index contributed by atoms with van der Waals surface area (Å²) in [4.78, 5) is 3.24. The lowest BCUT2D eigenvalue weighted by molar-refractivity contribution is 0.804. The maximum Gasteiger partial charge on any atom is 0.215 e. The Balaban J connectivity index is 3.99. The van der Waals surface area contributed by atoms with Gasteiger partial charge in [-0.3, -0.25) is 0 Å². The van der Waals surface area contributed by atoms with Crippen LogP contribution in [-0.2, 0) is 0 Å². The van der Waals surface area contributed by atoms with Gasteiger partial charge in [-0.15, -0.1) is 0 Å². The van der Waals surface area contributed by atoms with Crippen LogP contribution in [0.5, 0.6) is 0 Å². The molecule has 0 radical (unpaired) electrons. The van der Waals surface area contributed by atoms with Crippen LogP contribution in [0.3, 0.4) is 0 Å². The van der Waals surface area contributed by atoms with E-state index >= 15 is 0 Å². The van der Waals surface area contributed by atoms with Gasteiger partial charge in [0.2, 0.25) is 5.97 Å². The van der Waals surface area contributed by atoms with E-state index in [1.807, 2.05) is 0 Å². The van der Waals surface area contributed by atoms with Gasteiger partial charge in [0.15, 0.2) is 0 Å². The Bertz CT molecular complexity index is 135. The molecule has 0 aliphatic carbocycles. The van der Waals surface area contributed by atoms with E-state index in [2.05, 4.69) is 18.2 Å². The van der Waals surface area contributed by atoms with Crippen molar-refractivity contribution < 1.29 is 4.39 Å². The molecular weight excluding hydrogens is 105 g/mol. The fourth-order valence-electron chi connectivity index (χ4n) is 0.190. The predicted molar refractivity (Wildman–Crippen MR) is 33.6 cm³/mol. The van der Waals surface area contributed by atoms with Crippen LogP contribution in [0.4, 0.5) is 4.39 Å². The molecule has 0 rings (SSSR count). The molecule has 0 aromatic carbocycles. The maximum absolute atomic E-state index is 12.1. The van der Waals surface area contributed by atoms with Crippen LogP contribution >= 0.6 is 0 Å². The summed E-state index contributed by atoms with van der Waals surface area (Å²) in [5, 5.41) is 0. The van der Waals surface area contributed by atoms with Gasteiger partial charge in [0.05, 0.1) is 0 Å². The van der Waals surface area contributed by atoms with Gasteiger partial charge in [-0.1, -0.05) is 13.2 Å². The molecule has 0 fully saturated rings. The molecule has 0 unspecified atom stereocenters. The molecule has 8 heavy (non-hydrogen) atoms. The molecule has 0 aromatic heterocycles. The van der Waals surface area contributed by atoms with E-state index in [9.17, 15) is 4.39 Å². The second-order valence-electron chi connectivity index (χ2n) is 1.38. The van der Waals surface area contributed by atoms with E-state index in [0.717, 1.165) is 6.20 Å². The van der Waals surface area contributed by atoms with Gasteiger partial charge >= 0.3 is 0 Å². The second-order valence-corrected chi connectivity index (χ2v) is 1.38. The van der Waals surface area contributed by atoms with Crippen molar-refractivity contribution in [1.82, 2.24) is 0 Å². The largest absolute Gasteiger partial charge is 0.229 e. The first-order chi connectivity index (χ1) is 3.68. The normalized spacial score (nSPS) is 11.0. The van der Waals surface area contributed by atoms with Crippen molar-refractivity contribution in [2.75, 3.05) is 0 Å². The molecule has 0 N–H and O–H groups in total. The first-order valence-corrected chi connectivity index (χ1v) is 2.18. The van der Waals surface area contributed by atoms with Crippen molar-refractivity contribution in [3.8, 4) is 0 Å². The van der Waals surface area contributed by atoms with Crippen LogP contribution in [0.2, 0.25) is 0 Å². The minimum absolute atomic E-state index is 0.324. The van der Waals surface area contributed by atoms with Gasteiger partial charge in [-0.2, -0.15) is 4.39 Å². The lowest BCUT2D eigenvalue weighted by Gasteiger charge is -1.86. The molecule has 44 valence electrons. The SMILES string of the molecule is C=CN=C(F)C(=C)C.